The minimum Gasteiger partial charge on any atom is -0.324 e. The minimum atomic E-state index is 0.618. The third-order valence-electron chi connectivity index (χ3n) is 1.57. The minimum absolute atomic E-state index is 0.618. The van der Waals surface area contributed by atoms with E-state index in [9.17, 15) is 4.79 Å². The van der Waals surface area contributed by atoms with Gasteiger partial charge < -0.3 is 5.43 Å². The number of carbonyl (C=O) groups is 1. The van der Waals surface area contributed by atoms with Crippen LogP contribution in [0.1, 0.15) is 15.9 Å². The number of benzene rings is 1. The number of anilines is 1. The zero-order valence-corrected chi connectivity index (χ0v) is 7.97. The highest BCUT2D eigenvalue weighted by Crippen LogP contribution is 2.18. The van der Waals surface area contributed by atoms with E-state index in [4.69, 9.17) is 5.84 Å². The van der Waals surface area contributed by atoms with Crippen molar-refractivity contribution in [3.05, 3.63) is 29.3 Å². The van der Waals surface area contributed by atoms with Crippen LogP contribution in [0.2, 0.25) is 0 Å². The SMILES string of the molecule is NNc1cc(C=O)ccc1CBr. The maximum atomic E-state index is 10.4. The van der Waals surface area contributed by atoms with Gasteiger partial charge in [-0.3, -0.25) is 10.6 Å². The number of alkyl halides is 1. The van der Waals surface area contributed by atoms with Gasteiger partial charge in [0.15, 0.2) is 0 Å². The Kier molecular flexibility index (Phi) is 3.25. The van der Waals surface area contributed by atoms with Crippen molar-refractivity contribution in [2.24, 2.45) is 5.84 Å². The summed E-state index contributed by atoms with van der Waals surface area (Å²) < 4.78 is 0. The van der Waals surface area contributed by atoms with Gasteiger partial charge in [-0.15, -0.1) is 0 Å². The van der Waals surface area contributed by atoms with Gasteiger partial charge in [-0.25, -0.2) is 0 Å². The molecule has 0 spiro atoms. The Hall–Kier alpha value is -0.870. The standard InChI is InChI=1S/C8H9BrN2O/c9-4-7-2-1-6(5-12)3-8(7)11-10/h1-3,5,11H,4,10H2. The number of hydrazine groups is 1. The zero-order chi connectivity index (χ0) is 8.97. The molecule has 1 aromatic rings. The van der Waals surface area contributed by atoms with Gasteiger partial charge in [-0.2, -0.15) is 0 Å². The summed E-state index contributed by atoms with van der Waals surface area (Å²) >= 11 is 3.31. The van der Waals surface area contributed by atoms with Gasteiger partial charge in [0.05, 0.1) is 5.69 Å². The summed E-state index contributed by atoms with van der Waals surface area (Å²) in [5.41, 5.74) is 4.96. The second kappa shape index (κ2) is 4.23. The van der Waals surface area contributed by atoms with Crippen LogP contribution in [0.3, 0.4) is 0 Å². The fraction of sp³-hybridized carbons (Fsp3) is 0.125. The molecule has 1 aromatic carbocycles. The molecule has 0 aliphatic heterocycles. The quantitative estimate of drug-likeness (QED) is 0.359. The number of rotatable bonds is 3. The Bertz CT molecular complexity index is 288. The molecule has 64 valence electrons. The van der Waals surface area contributed by atoms with E-state index in [1.807, 2.05) is 6.07 Å². The van der Waals surface area contributed by atoms with Crippen molar-refractivity contribution in [3.63, 3.8) is 0 Å². The van der Waals surface area contributed by atoms with Crippen molar-refractivity contribution in [2.75, 3.05) is 5.43 Å². The predicted molar refractivity (Wildman–Crippen MR) is 52.3 cm³/mol. The lowest BCUT2D eigenvalue weighted by Gasteiger charge is -2.05. The molecule has 0 saturated carbocycles. The van der Waals surface area contributed by atoms with E-state index in [0.29, 0.717) is 10.9 Å². The molecular weight excluding hydrogens is 220 g/mol. The van der Waals surface area contributed by atoms with Gasteiger partial charge in [-0.1, -0.05) is 28.1 Å². The Morgan fingerprint density at radius 2 is 2.33 bits per heavy atom. The van der Waals surface area contributed by atoms with Crippen molar-refractivity contribution in [3.8, 4) is 0 Å². The number of carbonyl (C=O) groups excluding carboxylic acids is 1. The van der Waals surface area contributed by atoms with E-state index in [-0.39, 0.29) is 0 Å². The number of hydrogen-bond acceptors (Lipinski definition) is 3. The lowest BCUT2D eigenvalue weighted by molar-refractivity contribution is 0.112. The summed E-state index contributed by atoms with van der Waals surface area (Å²) in [6.07, 6.45) is 0.791. The van der Waals surface area contributed by atoms with Crippen LogP contribution in [0.5, 0.6) is 0 Å². The molecule has 0 fully saturated rings. The van der Waals surface area contributed by atoms with Crippen LogP contribution < -0.4 is 11.3 Å². The largest absolute Gasteiger partial charge is 0.324 e. The lowest BCUT2D eigenvalue weighted by Crippen LogP contribution is -2.09. The maximum Gasteiger partial charge on any atom is 0.150 e. The molecule has 0 aliphatic carbocycles. The molecule has 0 aromatic heterocycles. The monoisotopic (exact) mass is 228 g/mol. The highest BCUT2D eigenvalue weighted by atomic mass is 79.9. The second-order valence-corrected chi connectivity index (χ2v) is 2.87. The Morgan fingerprint density at radius 3 is 2.83 bits per heavy atom. The molecule has 0 unspecified atom stereocenters. The van der Waals surface area contributed by atoms with E-state index >= 15 is 0 Å². The van der Waals surface area contributed by atoms with Gasteiger partial charge in [0.1, 0.15) is 6.29 Å². The predicted octanol–water partition coefficient (Wildman–Crippen LogP) is 1.68. The maximum absolute atomic E-state index is 10.4. The van der Waals surface area contributed by atoms with Crippen molar-refractivity contribution in [2.45, 2.75) is 5.33 Å². The number of nitrogen functional groups attached to an aromatic ring is 1. The van der Waals surface area contributed by atoms with Gasteiger partial charge in [0.2, 0.25) is 0 Å². The summed E-state index contributed by atoms with van der Waals surface area (Å²) in [5, 5.41) is 0.714. The number of aldehydes is 1. The Balaban J connectivity index is 3.10. The highest BCUT2D eigenvalue weighted by Gasteiger charge is 2.00. The van der Waals surface area contributed by atoms with Gasteiger partial charge in [-0.05, 0) is 11.6 Å². The van der Waals surface area contributed by atoms with E-state index in [1.54, 1.807) is 12.1 Å². The molecule has 0 radical (unpaired) electrons. The molecule has 0 aliphatic rings. The average Bonchev–Trinajstić information content (AvgIpc) is 2.16. The van der Waals surface area contributed by atoms with Crippen LogP contribution in [0.25, 0.3) is 0 Å². The van der Waals surface area contributed by atoms with Gasteiger partial charge in [0, 0.05) is 10.9 Å². The van der Waals surface area contributed by atoms with Crippen LogP contribution in [-0.2, 0) is 5.33 Å². The highest BCUT2D eigenvalue weighted by molar-refractivity contribution is 9.08. The van der Waals surface area contributed by atoms with E-state index in [2.05, 4.69) is 21.4 Å². The Labute approximate surface area is 79.1 Å². The lowest BCUT2D eigenvalue weighted by atomic mass is 10.1. The summed E-state index contributed by atoms with van der Waals surface area (Å²) in [6, 6.07) is 5.32. The summed E-state index contributed by atoms with van der Waals surface area (Å²) in [4.78, 5) is 10.4. The first kappa shape index (κ1) is 9.22. The second-order valence-electron chi connectivity index (χ2n) is 2.31. The first-order valence-electron chi connectivity index (χ1n) is 3.42. The number of hydrogen-bond donors (Lipinski definition) is 2. The first-order chi connectivity index (χ1) is 5.81. The first-order valence-corrected chi connectivity index (χ1v) is 4.54. The number of nitrogens with one attached hydrogen (secondary N) is 1. The summed E-state index contributed by atoms with van der Waals surface area (Å²) in [7, 11) is 0. The number of halogens is 1. The molecule has 0 saturated heterocycles. The molecule has 0 heterocycles. The molecule has 1 rings (SSSR count). The fourth-order valence-corrected chi connectivity index (χ4v) is 1.41. The molecule has 0 bridgehead atoms. The molecule has 0 amide bonds. The van der Waals surface area contributed by atoms with Crippen molar-refractivity contribution in [1.29, 1.82) is 0 Å². The summed E-state index contributed by atoms with van der Waals surface area (Å²) in [5.74, 6) is 5.26. The van der Waals surface area contributed by atoms with Crippen molar-refractivity contribution in [1.82, 2.24) is 0 Å². The van der Waals surface area contributed by atoms with E-state index < -0.39 is 0 Å². The number of nitrogens with two attached hydrogens (primary N) is 1. The van der Waals surface area contributed by atoms with Crippen LogP contribution in [0, 0.1) is 0 Å². The van der Waals surface area contributed by atoms with Crippen LogP contribution >= 0.6 is 15.9 Å². The molecule has 3 N–H and O–H groups in total. The topological polar surface area (TPSA) is 55.1 Å². The van der Waals surface area contributed by atoms with Crippen LogP contribution in [-0.4, -0.2) is 6.29 Å². The smallest absolute Gasteiger partial charge is 0.150 e. The average molecular weight is 229 g/mol. The van der Waals surface area contributed by atoms with Crippen LogP contribution in [0.15, 0.2) is 18.2 Å². The molecule has 4 heteroatoms. The van der Waals surface area contributed by atoms with Gasteiger partial charge in [0.25, 0.3) is 0 Å². The molecular formula is C8H9BrN2O. The fourth-order valence-electron chi connectivity index (χ4n) is 0.918. The Morgan fingerprint density at radius 1 is 1.58 bits per heavy atom. The zero-order valence-electron chi connectivity index (χ0n) is 6.38. The normalized spacial score (nSPS) is 9.50. The van der Waals surface area contributed by atoms with Crippen LogP contribution in [0.4, 0.5) is 5.69 Å². The molecule has 0 atom stereocenters. The van der Waals surface area contributed by atoms with E-state index in [0.717, 1.165) is 17.5 Å². The third kappa shape index (κ3) is 1.84. The molecule has 3 nitrogen and oxygen atoms in total. The van der Waals surface area contributed by atoms with Crippen molar-refractivity contribution < 1.29 is 4.79 Å². The third-order valence-corrected chi connectivity index (χ3v) is 2.17. The van der Waals surface area contributed by atoms with E-state index in [1.165, 1.54) is 0 Å². The molecule has 12 heavy (non-hydrogen) atoms. The van der Waals surface area contributed by atoms with Gasteiger partial charge >= 0.3 is 0 Å². The van der Waals surface area contributed by atoms with Crippen molar-refractivity contribution >= 4 is 27.9 Å². The summed E-state index contributed by atoms with van der Waals surface area (Å²) in [6.45, 7) is 0.